The maximum absolute atomic E-state index is 11.4. The van der Waals surface area contributed by atoms with Crippen LogP contribution in [0.3, 0.4) is 0 Å². The number of nitrogens with zero attached hydrogens (tertiary/aromatic N) is 4. The van der Waals surface area contributed by atoms with Crippen molar-refractivity contribution in [2.24, 2.45) is 4.99 Å². The highest BCUT2D eigenvalue weighted by atomic mass is 32.2. The predicted molar refractivity (Wildman–Crippen MR) is 111 cm³/mol. The van der Waals surface area contributed by atoms with E-state index in [1.807, 2.05) is 24.5 Å². The average molecular weight is 406 g/mol. The van der Waals surface area contributed by atoms with E-state index in [1.54, 1.807) is 28.6 Å². The summed E-state index contributed by atoms with van der Waals surface area (Å²) >= 11 is 1.68. The van der Waals surface area contributed by atoms with Gasteiger partial charge in [-0.05, 0) is 37.3 Å². The molecule has 0 aliphatic heterocycles. The minimum absolute atomic E-state index is 0.221. The van der Waals surface area contributed by atoms with Crippen molar-refractivity contribution in [3.63, 3.8) is 0 Å². The van der Waals surface area contributed by atoms with Crippen LogP contribution in [0.4, 0.5) is 0 Å². The smallest absolute Gasteiger partial charge is 0.326 e. The predicted octanol–water partition coefficient (Wildman–Crippen LogP) is 1.45. The fraction of sp³-hybridized carbons (Fsp3) is 0.200. The van der Waals surface area contributed by atoms with Gasteiger partial charge in [0.15, 0.2) is 11.1 Å². The summed E-state index contributed by atoms with van der Waals surface area (Å²) in [5.41, 5.74) is 2.96. The number of H-pyrrole nitrogens is 2. The first-order valence-corrected chi connectivity index (χ1v) is 10.4. The van der Waals surface area contributed by atoms with Crippen LogP contribution < -0.4 is 16.4 Å². The molecule has 9 heteroatoms. The van der Waals surface area contributed by atoms with Gasteiger partial charge in [0.2, 0.25) is 5.88 Å². The summed E-state index contributed by atoms with van der Waals surface area (Å²) in [6.45, 7) is 0. The molecule has 8 nitrogen and oxygen atoms in total. The highest BCUT2D eigenvalue weighted by Gasteiger charge is 2.20. The van der Waals surface area contributed by atoms with Crippen LogP contribution in [-0.2, 0) is 0 Å². The molecule has 146 valence electrons. The minimum Gasteiger partial charge on any atom is -0.493 e. The molecule has 1 fully saturated rings. The highest BCUT2D eigenvalue weighted by molar-refractivity contribution is 7.98. The van der Waals surface area contributed by atoms with Crippen LogP contribution in [0.25, 0.3) is 23.0 Å². The van der Waals surface area contributed by atoms with Crippen molar-refractivity contribution < 1.29 is 5.11 Å². The summed E-state index contributed by atoms with van der Waals surface area (Å²) < 4.78 is 1.70. The lowest BCUT2D eigenvalue weighted by Gasteiger charge is -2.05. The van der Waals surface area contributed by atoms with E-state index in [9.17, 15) is 9.90 Å². The average Bonchev–Trinajstić information content (AvgIpc) is 3.36. The Labute approximate surface area is 169 Å². The van der Waals surface area contributed by atoms with Crippen LogP contribution in [0.2, 0.25) is 0 Å². The maximum Gasteiger partial charge on any atom is 0.326 e. The maximum atomic E-state index is 11.4. The molecule has 1 saturated carbocycles. The number of imidazole rings is 1. The van der Waals surface area contributed by atoms with E-state index >= 15 is 0 Å². The molecule has 0 bridgehead atoms. The van der Waals surface area contributed by atoms with Crippen LogP contribution in [0.1, 0.15) is 18.5 Å². The number of nitrogens with one attached hydrogen (secondary N) is 2. The quantitative estimate of drug-likeness (QED) is 0.444. The number of benzene rings is 1. The van der Waals surface area contributed by atoms with Crippen molar-refractivity contribution in [3.8, 4) is 17.1 Å². The third kappa shape index (κ3) is 3.44. The second-order valence-corrected chi connectivity index (χ2v) is 7.79. The normalized spacial score (nSPS) is 15.5. The lowest BCUT2D eigenvalue weighted by molar-refractivity contribution is 0.454. The third-order valence-corrected chi connectivity index (χ3v) is 5.47. The molecule has 5 rings (SSSR count). The van der Waals surface area contributed by atoms with Gasteiger partial charge in [-0.3, -0.25) is 9.98 Å². The van der Waals surface area contributed by atoms with E-state index < -0.39 is 5.69 Å². The van der Waals surface area contributed by atoms with Crippen molar-refractivity contribution in [2.45, 2.75) is 23.8 Å². The molecule has 1 aliphatic carbocycles. The Morgan fingerprint density at radius 3 is 2.90 bits per heavy atom. The zero-order chi connectivity index (χ0) is 20.0. The van der Waals surface area contributed by atoms with Gasteiger partial charge in [0.25, 0.3) is 0 Å². The number of aromatic nitrogens is 5. The molecule has 0 radical (unpaired) electrons. The van der Waals surface area contributed by atoms with Crippen LogP contribution in [0.5, 0.6) is 5.88 Å². The first-order chi connectivity index (χ1) is 14.1. The van der Waals surface area contributed by atoms with Crippen LogP contribution in [0.15, 0.2) is 51.2 Å². The molecule has 0 spiro atoms. The number of aromatic amines is 2. The van der Waals surface area contributed by atoms with Gasteiger partial charge in [0, 0.05) is 21.7 Å². The standard InChI is InChI=1S/C20H18N6O2S/c1-29-14-4-2-3-11(7-14)15-9-17(22-13-5-6-13)26-18(23-15)12(10-21-26)8-16-19(27)25-20(28)24-16/h2-4,7-10,13,27H,5-6H2,1H3,(H2,24,25,28). The highest BCUT2D eigenvalue weighted by Crippen LogP contribution is 2.24. The van der Waals surface area contributed by atoms with Crippen LogP contribution in [-0.4, -0.2) is 42.0 Å². The van der Waals surface area contributed by atoms with Crippen molar-refractivity contribution in [1.82, 2.24) is 24.6 Å². The van der Waals surface area contributed by atoms with Gasteiger partial charge in [-0.15, -0.1) is 11.8 Å². The number of thioether (sulfide) groups is 1. The van der Waals surface area contributed by atoms with Gasteiger partial charge in [-0.1, -0.05) is 12.1 Å². The molecule has 3 aromatic heterocycles. The fourth-order valence-electron chi connectivity index (χ4n) is 3.13. The topological polar surface area (TPSA) is 111 Å². The molecule has 1 aromatic carbocycles. The first kappa shape index (κ1) is 17.7. The first-order valence-electron chi connectivity index (χ1n) is 9.21. The lowest BCUT2D eigenvalue weighted by Crippen LogP contribution is -2.19. The van der Waals surface area contributed by atoms with Crippen molar-refractivity contribution in [1.29, 1.82) is 0 Å². The number of fused-ring (bicyclic) bond motifs is 1. The zero-order valence-electron chi connectivity index (χ0n) is 15.6. The lowest BCUT2D eigenvalue weighted by atomic mass is 10.1. The molecule has 3 heterocycles. The Bertz CT molecular complexity index is 1400. The van der Waals surface area contributed by atoms with E-state index in [0.717, 1.165) is 34.5 Å². The Morgan fingerprint density at radius 2 is 2.17 bits per heavy atom. The summed E-state index contributed by atoms with van der Waals surface area (Å²) in [6, 6.07) is 10.5. The summed E-state index contributed by atoms with van der Waals surface area (Å²) in [5, 5.41) is 15.0. The van der Waals surface area contributed by atoms with Crippen LogP contribution in [0, 0.1) is 0 Å². The van der Waals surface area contributed by atoms with Gasteiger partial charge in [0.1, 0.15) is 5.69 Å². The third-order valence-electron chi connectivity index (χ3n) is 4.74. The van der Waals surface area contributed by atoms with Gasteiger partial charge in [-0.2, -0.15) is 9.61 Å². The zero-order valence-corrected chi connectivity index (χ0v) is 16.4. The largest absolute Gasteiger partial charge is 0.493 e. The molecule has 0 amide bonds. The summed E-state index contributed by atoms with van der Waals surface area (Å²) in [4.78, 5) is 27.1. The Hall–Kier alpha value is -3.33. The fourth-order valence-corrected chi connectivity index (χ4v) is 3.59. The second-order valence-electron chi connectivity index (χ2n) is 6.91. The SMILES string of the molecule is CSc1cccc(-c2cc(=NC3CC3)n3ncc(=Cc4[nH]c(=O)[nH]c4O)c3n2)c1. The minimum atomic E-state index is -0.475. The Morgan fingerprint density at radius 1 is 1.31 bits per heavy atom. The monoisotopic (exact) mass is 406 g/mol. The molecule has 3 N–H and O–H groups in total. The Kier molecular flexibility index (Phi) is 4.24. The molecular formula is C20H18N6O2S. The molecular weight excluding hydrogens is 388 g/mol. The van der Waals surface area contributed by atoms with Gasteiger partial charge >= 0.3 is 5.69 Å². The van der Waals surface area contributed by atoms with Gasteiger partial charge < -0.3 is 10.1 Å². The van der Waals surface area contributed by atoms with Gasteiger partial charge in [-0.25, -0.2) is 9.78 Å². The second kappa shape index (κ2) is 6.93. The van der Waals surface area contributed by atoms with Crippen molar-refractivity contribution in [2.75, 3.05) is 6.26 Å². The number of hydrogen-bond acceptors (Lipinski definition) is 6. The molecule has 4 aromatic rings. The summed E-state index contributed by atoms with van der Waals surface area (Å²) in [5.74, 6) is -0.221. The van der Waals surface area contributed by atoms with E-state index in [4.69, 9.17) is 9.98 Å². The number of hydrogen-bond donors (Lipinski definition) is 3. The van der Waals surface area contributed by atoms with Crippen molar-refractivity contribution >= 4 is 23.5 Å². The molecule has 0 unspecified atom stereocenters. The van der Waals surface area contributed by atoms with Gasteiger partial charge in [0.05, 0.1) is 17.9 Å². The summed E-state index contributed by atoms with van der Waals surface area (Å²) in [7, 11) is 0. The number of rotatable bonds is 4. The molecule has 1 aliphatic rings. The van der Waals surface area contributed by atoms with E-state index in [2.05, 4.69) is 27.2 Å². The molecule has 0 atom stereocenters. The molecule has 29 heavy (non-hydrogen) atoms. The van der Waals surface area contributed by atoms with E-state index in [1.165, 1.54) is 0 Å². The number of aromatic hydroxyl groups is 1. The van der Waals surface area contributed by atoms with Crippen LogP contribution >= 0.6 is 11.8 Å². The summed E-state index contributed by atoms with van der Waals surface area (Å²) in [6.07, 6.45) is 7.50. The van der Waals surface area contributed by atoms with E-state index in [0.29, 0.717) is 16.9 Å². The Balaban J connectivity index is 1.77. The van der Waals surface area contributed by atoms with Crippen molar-refractivity contribution in [3.05, 3.63) is 63.4 Å². The molecule has 0 saturated heterocycles. The van der Waals surface area contributed by atoms with E-state index in [-0.39, 0.29) is 11.6 Å².